The van der Waals surface area contributed by atoms with Gasteiger partial charge in [0.05, 0.1) is 11.6 Å². The molecule has 29 heavy (non-hydrogen) atoms. The Morgan fingerprint density at radius 1 is 0.931 bits per heavy atom. The van der Waals surface area contributed by atoms with Crippen molar-refractivity contribution in [3.63, 3.8) is 0 Å². The van der Waals surface area contributed by atoms with Gasteiger partial charge in [-0.15, -0.1) is 0 Å². The average molecular weight is 387 g/mol. The second-order valence-electron chi connectivity index (χ2n) is 7.67. The van der Waals surface area contributed by atoms with E-state index in [0.717, 1.165) is 46.4 Å². The Labute approximate surface area is 169 Å². The molecule has 1 fully saturated rings. The van der Waals surface area contributed by atoms with Crippen LogP contribution in [0.1, 0.15) is 30.0 Å². The third-order valence-corrected chi connectivity index (χ3v) is 5.69. The predicted molar refractivity (Wildman–Crippen MR) is 112 cm³/mol. The first-order chi connectivity index (χ1) is 14.2. The topological polar surface area (TPSA) is 34.4 Å². The van der Waals surface area contributed by atoms with Gasteiger partial charge in [0.15, 0.2) is 0 Å². The van der Waals surface area contributed by atoms with Crippen LogP contribution in [0.2, 0.25) is 0 Å². The van der Waals surface area contributed by atoms with Gasteiger partial charge in [-0.2, -0.15) is 0 Å². The molecule has 1 aliphatic rings. The first-order valence-electron chi connectivity index (χ1n) is 9.94. The molecule has 0 saturated heterocycles. The lowest BCUT2D eigenvalue weighted by Gasteiger charge is -2.32. The van der Waals surface area contributed by atoms with Crippen molar-refractivity contribution in [1.29, 1.82) is 0 Å². The van der Waals surface area contributed by atoms with Crippen LogP contribution >= 0.6 is 0 Å². The highest BCUT2D eigenvalue weighted by Gasteiger charge is 2.32. The molecule has 3 nitrogen and oxygen atoms in total. The van der Waals surface area contributed by atoms with Gasteiger partial charge < -0.3 is 14.4 Å². The lowest BCUT2D eigenvalue weighted by atomic mass is 9.80. The average Bonchev–Trinajstić information content (AvgIpc) is 3.11. The molecule has 0 atom stereocenters. The van der Waals surface area contributed by atoms with Gasteiger partial charge in [0.2, 0.25) is 0 Å². The Balaban J connectivity index is 1.58. The summed E-state index contributed by atoms with van der Waals surface area (Å²) in [5, 5.41) is 10.9. The highest BCUT2D eigenvalue weighted by molar-refractivity contribution is 5.89. The number of hydrogen-bond donors (Lipinski definition) is 1. The number of hydrogen-bond acceptors (Lipinski definition) is 2. The minimum absolute atomic E-state index is 0.242. The van der Waals surface area contributed by atoms with Crippen molar-refractivity contribution in [2.24, 2.45) is 0 Å². The lowest BCUT2D eigenvalue weighted by molar-refractivity contribution is 0.0728. The summed E-state index contributed by atoms with van der Waals surface area (Å²) in [5.41, 5.74) is 4.19. The van der Waals surface area contributed by atoms with E-state index in [2.05, 4.69) is 16.7 Å². The minimum atomic E-state index is -0.252. The Kier molecular flexibility index (Phi) is 4.57. The molecular weight excluding hydrogens is 365 g/mol. The molecule has 4 heteroatoms. The molecular formula is C25H22FNO2. The van der Waals surface area contributed by atoms with E-state index in [4.69, 9.17) is 4.74 Å². The first kappa shape index (κ1) is 18.0. The van der Waals surface area contributed by atoms with E-state index in [0.29, 0.717) is 6.61 Å². The Morgan fingerprint density at radius 3 is 2.41 bits per heavy atom. The number of rotatable bonds is 5. The summed E-state index contributed by atoms with van der Waals surface area (Å²) in [5.74, 6) is 0.857. The highest BCUT2D eigenvalue weighted by atomic mass is 19.1. The maximum atomic E-state index is 13.5. The van der Waals surface area contributed by atoms with Crippen LogP contribution in [0, 0.1) is 5.82 Å². The Morgan fingerprint density at radius 2 is 1.69 bits per heavy atom. The third kappa shape index (κ3) is 3.40. The molecule has 1 N–H and O–H groups in total. The summed E-state index contributed by atoms with van der Waals surface area (Å²) < 4.78 is 21.8. The van der Waals surface area contributed by atoms with E-state index in [-0.39, 0.29) is 17.8 Å². The lowest BCUT2D eigenvalue weighted by Crippen LogP contribution is -2.27. The number of ether oxygens (including phenoxy) is 1. The van der Waals surface area contributed by atoms with Crippen LogP contribution in [0.5, 0.6) is 5.75 Å². The van der Waals surface area contributed by atoms with E-state index in [9.17, 15) is 9.50 Å². The maximum Gasteiger partial charge on any atom is 0.129 e. The van der Waals surface area contributed by atoms with Crippen molar-refractivity contribution in [2.45, 2.75) is 31.5 Å². The zero-order valence-corrected chi connectivity index (χ0v) is 16.0. The summed E-state index contributed by atoms with van der Waals surface area (Å²) in [6, 6.07) is 24.9. The van der Waals surface area contributed by atoms with Gasteiger partial charge in [0.25, 0.3) is 0 Å². The van der Waals surface area contributed by atoms with Crippen molar-refractivity contribution in [3.8, 4) is 11.4 Å². The molecule has 3 aromatic carbocycles. The van der Waals surface area contributed by atoms with Crippen LogP contribution in [-0.4, -0.2) is 15.8 Å². The van der Waals surface area contributed by atoms with Gasteiger partial charge in [-0.3, -0.25) is 0 Å². The molecule has 4 aromatic rings. The molecule has 5 rings (SSSR count). The fourth-order valence-electron chi connectivity index (χ4n) is 4.09. The summed E-state index contributed by atoms with van der Waals surface area (Å²) >= 11 is 0. The van der Waals surface area contributed by atoms with E-state index >= 15 is 0 Å². The van der Waals surface area contributed by atoms with Crippen molar-refractivity contribution >= 4 is 10.9 Å². The summed E-state index contributed by atoms with van der Waals surface area (Å²) in [7, 11) is 0. The zero-order chi connectivity index (χ0) is 19.8. The molecule has 1 aromatic heterocycles. The second kappa shape index (κ2) is 7.37. The summed E-state index contributed by atoms with van der Waals surface area (Å²) in [4.78, 5) is 0. The zero-order valence-electron chi connectivity index (χ0n) is 16.0. The monoisotopic (exact) mass is 387 g/mol. The normalized spacial score (nSPS) is 18.6. The van der Waals surface area contributed by atoms with Crippen LogP contribution in [0.25, 0.3) is 16.6 Å². The smallest absolute Gasteiger partial charge is 0.129 e. The van der Waals surface area contributed by atoms with Crippen LogP contribution in [-0.2, 0) is 6.61 Å². The van der Waals surface area contributed by atoms with E-state index in [1.807, 2.05) is 42.5 Å². The molecule has 0 spiro atoms. The van der Waals surface area contributed by atoms with Crippen molar-refractivity contribution in [2.75, 3.05) is 0 Å². The SMILES string of the molecule is O[C@H]1C[C@@H](c2cc3c(OCc4ccccc4)cccc3n2-c2ccc(F)cc2)C1. The second-order valence-corrected chi connectivity index (χ2v) is 7.67. The predicted octanol–water partition coefficient (Wildman–Crippen LogP) is 5.59. The molecule has 1 aliphatic carbocycles. The maximum absolute atomic E-state index is 13.5. The number of fused-ring (bicyclic) bond motifs is 1. The largest absolute Gasteiger partial charge is 0.488 e. The fraction of sp³-hybridized carbons (Fsp3) is 0.200. The third-order valence-electron chi connectivity index (χ3n) is 5.69. The quantitative estimate of drug-likeness (QED) is 0.485. The van der Waals surface area contributed by atoms with Gasteiger partial charge in [-0.05, 0) is 60.9 Å². The van der Waals surface area contributed by atoms with Crippen LogP contribution in [0.15, 0.2) is 78.9 Å². The standard InChI is InChI=1S/C25H22FNO2/c26-19-9-11-20(12-10-19)27-23-7-4-8-25(29-16-17-5-2-1-3-6-17)22(23)15-24(27)18-13-21(28)14-18/h1-12,15,18,21,28H,13-14,16H2/t18-,21+. The summed E-state index contributed by atoms with van der Waals surface area (Å²) in [6.45, 7) is 0.499. The molecule has 0 aliphatic heterocycles. The minimum Gasteiger partial charge on any atom is -0.488 e. The number of aliphatic hydroxyl groups is 1. The molecule has 0 unspecified atom stereocenters. The van der Waals surface area contributed by atoms with Crippen LogP contribution in [0.4, 0.5) is 4.39 Å². The fourth-order valence-corrected chi connectivity index (χ4v) is 4.09. The molecule has 0 amide bonds. The number of nitrogens with zero attached hydrogens (tertiary/aromatic N) is 1. The summed E-state index contributed by atoms with van der Waals surface area (Å²) in [6.07, 6.45) is 1.25. The first-order valence-corrected chi connectivity index (χ1v) is 9.94. The van der Waals surface area contributed by atoms with Gasteiger partial charge in [-0.1, -0.05) is 36.4 Å². The Hall–Kier alpha value is -3.11. The van der Waals surface area contributed by atoms with Crippen molar-refractivity contribution < 1.29 is 14.2 Å². The van der Waals surface area contributed by atoms with Crippen molar-refractivity contribution in [1.82, 2.24) is 4.57 Å². The van der Waals surface area contributed by atoms with Gasteiger partial charge in [0, 0.05) is 22.7 Å². The van der Waals surface area contributed by atoms with Crippen LogP contribution in [0.3, 0.4) is 0 Å². The molecule has 0 radical (unpaired) electrons. The van der Waals surface area contributed by atoms with Crippen molar-refractivity contribution in [3.05, 3.63) is 95.9 Å². The van der Waals surface area contributed by atoms with Crippen LogP contribution < -0.4 is 4.74 Å². The molecule has 1 heterocycles. The molecule has 0 bridgehead atoms. The number of aromatic nitrogens is 1. The Bertz CT molecular complexity index is 1130. The van der Waals surface area contributed by atoms with Gasteiger partial charge in [-0.25, -0.2) is 4.39 Å². The van der Waals surface area contributed by atoms with E-state index in [1.165, 1.54) is 12.1 Å². The molecule has 1 saturated carbocycles. The van der Waals surface area contributed by atoms with E-state index in [1.54, 1.807) is 12.1 Å². The van der Waals surface area contributed by atoms with E-state index < -0.39 is 0 Å². The van der Waals surface area contributed by atoms with Gasteiger partial charge >= 0.3 is 0 Å². The number of aliphatic hydroxyl groups excluding tert-OH is 1. The van der Waals surface area contributed by atoms with Gasteiger partial charge in [0.1, 0.15) is 18.2 Å². The highest BCUT2D eigenvalue weighted by Crippen LogP contribution is 2.42. The molecule has 146 valence electrons. The number of benzene rings is 3. The number of halogens is 1.